The average molecular weight is 720 g/mol. The lowest BCUT2D eigenvalue weighted by Crippen LogP contribution is -2.13. The van der Waals surface area contributed by atoms with Crippen LogP contribution in [0.4, 0.5) is 17.1 Å². The van der Waals surface area contributed by atoms with Crippen LogP contribution in [0.3, 0.4) is 0 Å². The standard InChI is InChI=1S/C52H33NOS/c1-2-15-35-32-36(29-28-34(35)14-1)38-16-3-4-18-40(38)41-19-6-10-23-46(41)53(47-24-13-27-51-52(47)44-21-8-12-26-50(44)55-51)45-22-9-5-17-39(45)37-30-31-43-42-20-7-11-25-48(42)54-49(43)33-37/h1-33H. The highest BCUT2D eigenvalue weighted by Crippen LogP contribution is 2.50. The summed E-state index contributed by atoms with van der Waals surface area (Å²) >= 11 is 1.85. The van der Waals surface area contributed by atoms with Crippen molar-refractivity contribution in [3.8, 4) is 33.4 Å². The highest BCUT2D eigenvalue weighted by molar-refractivity contribution is 7.26. The highest BCUT2D eigenvalue weighted by Gasteiger charge is 2.24. The summed E-state index contributed by atoms with van der Waals surface area (Å²) < 4.78 is 8.97. The average Bonchev–Trinajstić information content (AvgIpc) is 3.82. The molecule has 0 amide bonds. The molecule has 0 aliphatic carbocycles. The summed E-state index contributed by atoms with van der Waals surface area (Å²) in [6.07, 6.45) is 0. The molecule has 0 N–H and O–H groups in total. The van der Waals surface area contributed by atoms with Gasteiger partial charge in [-0.2, -0.15) is 0 Å². The smallest absolute Gasteiger partial charge is 0.136 e. The summed E-state index contributed by atoms with van der Waals surface area (Å²) in [5, 5.41) is 7.24. The number of hydrogen-bond donors (Lipinski definition) is 0. The normalized spacial score (nSPS) is 11.6. The highest BCUT2D eigenvalue weighted by atomic mass is 32.1. The zero-order chi connectivity index (χ0) is 36.3. The van der Waals surface area contributed by atoms with E-state index in [-0.39, 0.29) is 0 Å². The zero-order valence-electron chi connectivity index (χ0n) is 29.8. The number of nitrogens with zero attached hydrogens (tertiary/aromatic N) is 1. The van der Waals surface area contributed by atoms with Crippen LogP contribution < -0.4 is 4.90 Å². The Morgan fingerprint density at radius 1 is 0.345 bits per heavy atom. The fraction of sp³-hybridized carbons (Fsp3) is 0. The minimum atomic E-state index is 0.885. The largest absolute Gasteiger partial charge is 0.456 e. The van der Waals surface area contributed by atoms with E-state index in [0.717, 1.165) is 55.7 Å². The van der Waals surface area contributed by atoms with Gasteiger partial charge in [-0.1, -0.05) is 146 Å². The monoisotopic (exact) mass is 719 g/mol. The Morgan fingerprint density at radius 3 is 1.80 bits per heavy atom. The molecule has 0 saturated heterocycles. The van der Waals surface area contributed by atoms with E-state index in [1.807, 2.05) is 23.5 Å². The van der Waals surface area contributed by atoms with E-state index in [4.69, 9.17) is 4.42 Å². The first-order valence-electron chi connectivity index (χ1n) is 18.7. The molecule has 9 aromatic carbocycles. The van der Waals surface area contributed by atoms with Crippen LogP contribution in [-0.4, -0.2) is 0 Å². The van der Waals surface area contributed by atoms with Gasteiger partial charge in [0, 0.05) is 42.1 Å². The molecule has 0 fully saturated rings. The van der Waals surface area contributed by atoms with Crippen molar-refractivity contribution in [2.45, 2.75) is 0 Å². The molecule has 0 unspecified atom stereocenters. The first kappa shape index (κ1) is 31.6. The van der Waals surface area contributed by atoms with Crippen LogP contribution in [0, 0.1) is 0 Å². The molecule has 258 valence electrons. The number of fused-ring (bicyclic) bond motifs is 7. The molecule has 11 rings (SSSR count). The number of thiophene rings is 1. The molecular weight excluding hydrogens is 687 g/mol. The molecule has 0 spiro atoms. The van der Waals surface area contributed by atoms with Gasteiger partial charge in [0.1, 0.15) is 11.2 Å². The van der Waals surface area contributed by atoms with E-state index in [1.54, 1.807) is 0 Å². The molecule has 0 aliphatic heterocycles. The van der Waals surface area contributed by atoms with E-state index >= 15 is 0 Å². The second-order valence-corrected chi connectivity index (χ2v) is 15.1. The van der Waals surface area contributed by atoms with Gasteiger partial charge in [0.25, 0.3) is 0 Å². The maximum atomic E-state index is 6.43. The predicted molar refractivity (Wildman–Crippen MR) is 235 cm³/mol. The van der Waals surface area contributed by atoms with Gasteiger partial charge >= 0.3 is 0 Å². The van der Waals surface area contributed by atoms with Crippen molar-refractivity contribution in [2.75, 3.05) is 4.90 Å². The molecule has 55 heavy (non-hydrogen) atoms. The van der Waals surface area contributed by atoms with Gasteiger partial charge in [-0.3, -0.25) is 0 Å². The van der Waals surface area contributed by atoms with E-state index in [9.17, 15) is 0 Å². The number of hydrogen-bond acceptors (Lipinski definition) is 3. The Kier molecular flexibility index (Phi) is 7.39. The molecule has 0 bridgehead atoms. The maximum Gasteiger partial charge on any atom is 0.136 e. The minimum Gasteiger partial charge on any atom is -0.456 e. The summed E-state index contributed by atoms with van der Waals surface area (Å²) in [6, 6.07) is 72.4. The zero-order valence-corrected chi connectivity index (χ0v) is 30.6. The number of furan rings is 1. The quantitative estimate of drug-likeness (QED) is 0.170. The van der Waals surface area contributed by atoms with Crippen LogP contribution in [-0.2, 0) is 0 Å². The molecular formula is C52H33NOS. The van der Waals surface area contributed by atoms with Crippen LogP contribution in [0.5, 0.6) is 0 Å². The Hall–Kier alpha value is -6.94. The Bertz CT molecular complexity index is 3240. The third kappa shape index (κ3) is 5.24. The minimum absolute atomic E-state index is 0.885. The molecule has 0 radical (unpaired) electrons. The van der Waals surface area contributed by atoms with Crippen LogP contribution >= 0.6 is 11.3 Å². The first-order chi connectivity index (χ1) is 27.3. The fourth-order valence-electron chi connectivity index (χ4n) is 8.36. The topological polar surface area (TPSA) is 16.4 Å². The van der Waals surface area contributed by atoms with Crippen LogP contribution in [0.25, 0.3) is 86.3 Å². The van der Waals surface area contributed by atoms with Crippen LogP contribution in [0.15, 0.2) is 205 Å². The molecule has 0 saturated carbocycles. The summed E-state index contributed by atoms with van der Waals surface area (Å²) in [5.74, 6) is 0. The molecule has 3 heteroatoms. The predicted octanol–water partition coefficient (Wildman–Crippen LogP) is 15.6. The summed E-state index contributed by atoms with van der Waals surface area (Å²) in [7, 11) is 0. The number of benzene rings is 9. The SMILES string of the molecule is c1ccc(-c2ccccc2N(c2ccccc2-c2ccc3c(c2)oc2ccccc23)c2cccc3sc4ccccc4c23)c(-c2ccc3ccccc3c2)c1. The maximum absolute atomic E-state index is 6.43. The number of para-hydroxylation sites is 3. The molecule has 2 heterocycles. The van der Waals surface area contributed by atoms with Crippen molar-refractivity contribution in [1.29, 1.82) is 0 Å². The molecule has 0 aliphatic rings. The van der Waals surface area contributed by atoms with Gasteiger partial charge in [-0.25, -0.2) is 0 Å². The lowest BCUT2D eigenvalue weighted by molar-refractivity contribution is 0.669. The molecule has 2 aromatic heterocycles. The molecule has 0 atom stereocenters. The fourth-order valence-corrected chi connectivity index (χ4v) is 9.49. The molecule has 11 aromatic rings. The van der Waals surface area contributed by atoms with Crippen molar-refractivity contribution in [3.05, 3.63) is 200 Å². The van der Waals surface area contributed by atoms with Gasteiger partial charge in [0.2, 0.25) is 0 Å². The van der Waals surface area contributed by atoms with Crippen molar-refractivity contribution in [3.63, 3.8) is 0 Å². The van der Waals surface area contributed by atoms with E-state index in [0.29, 0.717) is 0 Å². The number of anilines is 3. The van der Waals surface area contributed by atoms with Gasteiger partial charge in [0.05, 0.1) is 17.1 Å². The van der Waals surface area contributed by atoms with E-state index in [1.165, 1.54) is 47.6 Å². The third-order valence-electron chi connectivity index (χ3n) is 10.9. The van der Waals surface area contributed by atoms with Crippen LogP contribution in [0.2, 0.25) is 0 Å². The van der Waals surface area contributed by atoms with Crippen molar-refractivity contribution >= 4 is 81.3 Å². The van der Waals surface area contributed by atoms with Gasteiger partial charge in [-0.05, 0) is 87.6 Å². The lowest BCUT2D eigenvalue weighted by atomic mass is 9.91. The van der Waals surface area contributed by atoms with Crippen molar-refractivity contribution in [2.24, 2.45) is 0 Å². The van der Waals surface area contributed by atoms with E-state index < -0.39 is 0 Å². The van der Waals surface area contributed by atoms with Crippen LogP contribution in [0.1, 0.15) is 0 Å². The summed E-state index contributed by atoms with van der Waals surface area (Å²) in [4.78, 5) is 2.49. The second kappa shape index (κ2) is 12.9. The Morgan fingerprint density at radius 2 is 0.927 bits per heavy atom. The van der Waals surface area contributed by atoms with Crippen molar-refractivity contribution < 1.29 is 4.42 Å². The summed E-state index contributed by atoms with van der Waals surface area (Å²) in [5.41, 5.74) is 12.1. The second-order valence-electron chi connectivity index (χ2n) is 14.0. The van der Waals surface area contributed by atoms with E-state index in [2.05, 4.69) is 193 Å². The van der Waals surface area contributed by atoms with Gasteiger partial charge < -0.3 is 9.32 Å². The Balaban J connectivity index is 1.18. The lowest BCUT2D eigenvalue weighted by Gasteiger charge is -2.31. The molecule has 2 nitrogen and oxygen atoms in total. The Labute approximate surface area is 322 Å². The summed E-state index contributed by atoms with van der Waals surface area (Å²) in [6.45, 7) is 0. The van der Waals surface area contributed by atoms with Gasteiger partial charge in [0.15, 0.2) is 0 Å². The van der Waals surface area contributed by atoms with Crippen molar-refractivity contribution in [1.82, 2.24) is 0 Å². The number of rotatable bonds is 6. The first-order valence-corrected chi connectivity index (χ1v) is 19.5. The van der Waals surface area contributed by atoms with Gasteiger partial charge in [-0.15, -0.1) is 11.3 Å². The third-order valence-corrected chi connectivity index (χ3v) is 12.0.